The van der Waals surface area contributed by atoms with E-state index in [0.717, 1.165) is 5.69 Å². The number of pyridine rings is 1. The van der Waals surface area contributed by atoms with E-state index in [1.165, 1.54) is 0 Å². The van der Waals surface area contributed by atoms with Crippen molar-refractivity contribution in [2.75, 3.05) is 5.73 Å². The summed E-state index contributed by atoms with van der Waals surface area (Å²) in [5.74, 6) is 0.0949. The molecule has 0 saturated heterocycles. The van der Waals surface area contributed by atoms with Crippen LogP contribution in [0.4, 0.5) is 5.82 Å². The van der Waals surface area contributed by atoms with Crippen molar-refractivity contribution in [3.05, 3.63) is 89.1 Å². The Hall–Kier alpha value is -3.27. The van der Waals surface area contributed by atoms with Crippen molar-refractivity contribution in [3.8, 4) is 5.69 Å². The first-order chi connectivity index (χ1) is 11.2. The van der Waals surface area contributed by atoms with Gasteiger partial charge in [0.2, 0.25) is 0 Å². The summed E-state index contributed by atoms with van der Waals surface area (Å²) in [5, 5.41) is 0. The summed E-state index contributed by atoms with van der Waals surface area (Å²) >= 11 is 0. The molecular weight excluding hydrogens is 288 g/mol. The molecule has 0 spiro atoms. The van der Waals surface area contributed by atoms with Crippen LogP contribution < -0.4 is 10.3 Å². The van der Waals surface area contributed by atoms with Gasteiger partial charge in [-0.25, -0.2) is 0 Å². The second kappa shape index (κ2) is 4.88. The van der Waals surface area contributed by atoms with Crippen LogP contribution in [0.2, 0.25) is 0 Å². The number of nitrogens with two attached hydrogens (primary N) is 1. The Morgan fingerprint density at radius 2 is 1.26 bits per heavy atom. The highest BCUT2D eigenvalue weighted by Gasteiger charge is 2.32. The molecule has 110 valence electrons. The topological polar surface area (TPSA) is 64.0 Å². The number of rotatable bonds is 1. The lowest BCUT2D eigenvalue weighted by Gasteiger charge is -2.17. The van der Waals surface area contributed by atoms with Crippen LogP contribution in [0.1, 0.15) is 31.8 Å². The van der Waals surface area contributed by atoms with Gasteiger partial charge >= 0.3 is 0 Å². The highest BCUT2D eigenvalue weighted by Crippen LogP contribution is 2.27. The summed E-state index contributed by atoms with van der Waals surface area (Å²) in [4.78, 5) is 25.4. The van der Waals surface area contributed by atoms with Gasteiger partial charge in [-0.1, -0.05) is 42.5 Å². The van der Waals surface area contributed by atoms with Gasteiger partial charge in [0.05, 0.1) is 5.56 Å². The Labute approximate surface area is 132 Å². The molecule has 1 aromatic heterocycles. The number of hydrogen-bond acceptors (Lipinski definition) is 3. The molecule has 0 aliphatic heterocycles. The van der Waals surface area contributed by atoms with Crippen LogP contribution >= 0.6 is 0 Å². The number of fused-ring (bicyclic) bond motifs is 2. The molecule has 4 nitrogen and oxygen atoms in total. The van der Waals surface area contributed by atoms with E-state index in [9.17, 15) is 9.59 Å². The van der Waals surface area contributed by atoms with Crippen molar-refractivity contribution in [1.29, 1.82) is 0 Å². The fourth-order valence-electron chi connectivity index (χ4n) is 2.92. The molecule has 2 aromatic carbocycles. The van der Waals surface area contributed by atoms with Gasteiger partial charge in [0.25, 0.3) is 5.82 Å². The highest BCUT2D eigenvalue weighted by atomic mass is 16.1. The second-order valence-electron chi connectivity index (χ2n) is 5.44. The van der Waals surface area contributed by atoms with Crippen LogP contribution in [-0.2, 0) is 0 Å². The normalized spacial score (nSPS) is 12.7. The van der Waals surface area contributed by atoms with Gasteiger partial charge in [-0.2, -0.15) is 4.57 Å². The first-order valence-electron chi connectivity index (χ1n) is 7.26. The average molecular weight is 301 g/mol. The Balaban J connectivity index is 1.96. The SMILES string of the molecule is Nc1cc2c(c[n+]1-c1ccccc1)C(=O)c1ccccc1C2=O. The number of nitrogens with zero attached hydrogens (tertiary/aromatic N) is 1. The predicted octanol–water partition coefficient (Wildman–Crippen LogP) is 2.32. The third-order valence-electron chi connectivity index (χ3n) is 4.06. The molecule has 23 heavy (non-hydrogen) atoms. The zero-order valence-corrected chi connectivity index (χ0v) is 12.2. The van der Waals surface area contributed by atoms with Gasteiger partial charge < -0.3 is 0 Å². The van der Waals surface area contributed by atoms with E-state index in [1.807, 2.05) is 30.3 Å². The lowest BCUT2D eigenvalue weighted by atomic mass is 9.85. The summed E-state index contributed by atoms with van der Waals surface area (Å²) in [6.45, 7) is 0. The number of benzene rings is 2. The van der Waals surface area contributed by atoms with Crippen LogP contribution in [0.5, 0.6) is 0 Å². The number of para-hydroxylation sites is 1. The van der Waals surface area contributed by atoms with Gasteiger partial charge in [-0.15, -0.1) is 0 Å². The second-order valence-corrected chi connectivity index (χ2v) is 5.44. The summed E-state index contributed by atoms with van der Waals surface area (Å²) in [7, 11) is 0. The molecular formula is C19H13N2O2+. The Kier molecular flexibility index (Phi) is 2.84. The van der Waals surface area contributed by atoms with E-state index in [-0.39, 0.29) is 11.6 Å². The van der Waals surface area contributed by atoms with Crippen LogP contribution in [0.25, 0.3) is 5.69 Å². The van der Waals surface area contributed by atoms with E-state index in [0.29, 0.717) is 28.1 Å². The lowest BCUT2D eigenvalue weighted by Crippen LogP contribution is -2.37. The average Bonchev–Trinajstić information content (AvgIpc) is 2.60. The van der Waals surface area contributed by atoms with Gasteiger partial charge in [0.15, 0.2) is 11.6 Å². The van der Waals surface area contributed by atoms with Crippen molar-refractivity contribution >= 4 is 17.4 Å². The molecule has 0 amide bonds. The largest absolute Gasteiger partial charge is 0.289 e. The van der Waals surface area contributed by atoms with Gasteiger partial charge in [-0.3, -0.25) is 15.3 Å². The Bertz CT molecular complexity index is 962. The number of hydrogen-bond donors (Lipinski definition) is 1. The maximum Gasteiger partial charge on any atom is 0.278 e. The Morgan fingerprint density at radius 1 is 0.696 bits per heavy atom. The monoisotopic (exact) mass is 301 g/mol. The number of carbonyl (C=O) groups excluding carboxylic acids is 2. The van der Waals surface area contributed by atoms with E-state index in [2.05, 4.69) is 0 Å². The molecule has 3 aromatic rings. The van der Waals surface area contributed by atoms with E-state index in [4.69, 9.17) is 5.73 Å². The maximum absolute atomic E-state index is 12.7. The highest BCUT2D eigenvalue weighted by molar-refractivity contribution is 6.28. The number of aromatic nitrogens is 1. The van der Waals surface area contributed by atoms with Crippen LogP contribution in [-0.4, -0.2) is 11.6 Å². The van der Waals surface area contributed by atoms with Crippen molar-refractivity contribution in [3.63, 3.8) is 0 Å². The molecule has 0 atom stereocenters. The maximum atomic E-state index is 12.7. The van der Waals surface area contributed by atoms with Crippen molar-refractivity contribution in [2.45, 2.75) is 0 Å². The predicted molar refractivity (Wildman–Crippen MR) is 85.7 cm³/mol. The fourth-order valence-corrected chi connectivity index (χ4v) is 2.92. The first kappa shape index (κ1) is 13.4. The van der Waals surface area contributed by atoms with Crippen LogP contribution in [0.15, 0.2) is 66.9 Å². The molecule has 4 heteroatoms. The minimum atomic E-state index is -0.165. The minimum absolute atomic E-state index is 0.153. The quantitative estimate of drug-likeness (QED) is 0.549. The van der Waals surface area contributed by atoms with Crippen molar-refractivity contribution in [1.82, 2.24) is 0 Å². The van der Waals surface area contributed by atoms with Gasteiger partial charge in [-0.05, 0) is 12.1 Å². The molecule has 2 N–H and O–H groups in total. The number of anilines is 1. The van der Waals surface area contributed by atoms with Gasteiger partial charge in [0, 0.05) is 22.8 Å². The number of nitrogen functional groups attached to an aromatic ring is 1. The third kappa shape index (κ3) is 1.96. The van der Waals surface area contributed by atoms with E-state index >= 15 is 0 Å². The van der Waals surface area contributed by atoms with Crippen LogP contribution in [0, 0.1) is 0 Å². The summed E-state index contributed by atoms with van der Waals surface area (Å²) in [6.07, 6.45) is 1.65. The zero-order valence-electron chi connectivity index (χ0n) is 12.2. The van der Waals surface area contributed by atoms with Crippen LogP contribution in [0.3, 0.4) is 0 Å². The van der Waals surface area contributed by atoms with Crippen molar-refractivity contribution in [2.24, 2.45) is 0 Å². The molecule has 0 unspecified atom stereocenters. The molecule has 0 fully saturated rings. The number of ketones is 2. The molecule has 0 radical (unpaired) electrons. The number of carbonyl (C=O) groups is 2. The molecule has 1 aliphatic rings. The third-order valence-corrected chi connectivity index (χ3v) is 4.06. The molecule has 1 aliphatic carbocycles. The van der Waals surface area contributed by atoms with E-state index in [1.54, 1.807) is 41.1 Å². The Morgan fingerprint density at radius 3 is 1.91 bits per heavy atom. The lowest BCUT2D eigenvalue weighted by molar-refractivity contribution is -0.580. The fraction of sp³-hybridized carbons (Fsp3) is 0. The van der Waals surface area contributed by atoms with Gasteiger partial charge in [0.1, 0.15) is 11.9 Å². The molecule has 0 bridgehead atoms. The first-order valence-corrected chi connectivity index (χ1v) is 7.26. The van der Waals surface area contributed by atoms with Crippen molar-refractivity contribution < 1.29 is 14.2 Å². The molecule has 4 rings (SSSR count). The smallest absolute Gasteiger partial charge is 0.278 e. The summed E-state index contributed by atoms with van der Waals surface area (Å²) in [5.41, 5.74) is 8.56. The summed E-state index contributed by atoms with van der Waals surface area (Å²) < 4.78 is 1.72. The molecule has 1 heterocycles. The minimum Gasteiger partial charge on any atom is -0.289 e. The molecule has 0 saturated carbocycles. The summed E-state index contributed by atoms with van der Waals surface area (Å²) in [6, 6.07) is 17.9. The zero-order chi connectivity index (χ0) is 16.0. The van der Waals surface area contributed by atoms with E-state index < -0.39 is 0 Å². The standard InChI is InChI=1S/C19H12N2O2/c20-17-10-15-16(11-21(17)12-6-2-1-3-7-12)19(23)14-9-5-4-8-13(14)18(15)22/h1-11,20H/p+1.